The number of benzene rings is 2. The van der Waals surface area contributed by atoms with Crippen molar-refractivity contribution in [3.63, 3.8) is 0 Å². The number of methoxy groups -OCH3 is 1. The second-order valence-electron chi connectivity index (χ2n) is 8.34. The summed E-state index contributed by atoms with van der Waals surface area (Å²) >= 11 is 0. The first-order valence-corrected chi connectivity index (χ1v) is 13.1. The largest absolute Gasteiger partial charge is 0.497 e. The fourth-order valence-corrected chi connectivity index (χ4v) is 4.67. The lowest BCUT2D eigenvalue weighted by molar-refractivity contribution is -0.140. The first-order chi connectivity index (χ1) is 17.1. The Hall–Kier alpha value is -3.18. The highest BCUT2D eigenvalue weighted by Crippen LogP contribution is 2.24. The minimum absolute atomic E-state index is 0.0290. The molecular weight excluding hydrogens is 487 g/mol. The van der Waals surface area contributed by atoms with E-state index in [1.165, 1.54) is 44.3 Å². The monoisotopic (exact) mass is 522 g/mol. The van der Waals surface area contributed by atoms with Gasteiger partial charge in [0, 0.05) is 27.2 Å². The van der Waals surface area contributed by atoms with E-state index in [0.717, 1.165) is 14.7 Å². The maximum absolute atomic E-state index is 14.7. The molecule has 1 atom stereocenters. The van der Waals surface area contributed by atoms with E-state index in [9.17, 15) is 22.4 Å². The van der Waals surface area contributed by atoms with Gasteiger partial charge in [-0.3, -0.25) is 9.59 Å². The van der Waals surface area contributed by atoms with Gasteiger partial charge < -0.3 is 15.0 Å². The second-order valence-corrected chi connectivity index (χ2v) is 10.4. The summed E-state index contributed by atoms with van der Waals surface area (Å²) in [5.74, 6) is -1.21. The van der Waals surface area contributed by atoms with E-state index in [4.69, 9.17) is 4.74 Å². The Bertz CT molecular complexity index is 1140. The van der Waals surface area contributed by atoms with Crippen LogP contribution >= 0.6 is 0 Å². The van der Waals surface area contributed by atoms with Crippen LogP contribution in [0.15, 0.2) is 48.5 Å². The molecule has 0 aliphatic rings. The highest BCUT2D eigenvalue weighted by molar-refractivity contribution is 7.90. The van der Waals surface area contributed by atoms with Crippen molar-refractivity contribution >= 4 is 27.7 Å². The molecule has 2 rings (SSSR count). The Kier molecular flexibility index (Phi) is 10.7. The SMILES string of the molecule is CCCNC(=O)C(CC)N(Cc1cccc(OC)c1)C(=O)CN(c1ccccc1F)S(=O)(=O)N(C)C. The van der Waals surface area contributed by atoms with Crippen molar-refractivity contribution in [2.75, 3.05) is 38.6 Å². The minimum Gasteiger partial charge on any atom is -0.497 e. The van der Waals surface area contributed by atoms with Gasteiger partial charge in [-0.05, 0) is 42.7 Å². The molecule has 0 fully saturated rings. The van der Waals surface area contributed by atoms with Gasteiger partial charge in [0.15, 0.2) is 0 Å². The number of anilines is 1. The zero-order chi connectivity index (χ0) is 26.9. The predicted octanol–water partition coefficient (Wildman–Crippen LogP) is 2.78. The fraction of sp³-hybridized carbons (Fsp3) is 0.440. The van der Waals surface area contributed by atoms with Crippen LogP contribution in [-0.4, -0.2) is 69.8 Å². The van der Waals surface area contributed by atoms with Gasteiger partial charge in [0.2, 0.25) is 11.8 Å². The molecule has 2 amide bonds. The van der Waals surface area contributed by atoms with Gasteiger partial charge >= 0.3 is 10.2 Å². The lowest BCUT2D eigenvalue weighted by atomic mass is 10.1. The highest BCUT2D eigenvalue weighted by Gasteiger charge is 2.34. The fourth-order valence-electron chi connectivity index (χ4n) is 3.61. The minimum atomic E-state index is -4.23. The number of para-hydroxylation sites is 1. The molecule has 11 heteroatoms. The van der Waals surface area contributed by atoms with E-state index < -0.39 is 34.5 Å². The normalized spacial score (nSPS) is 12.2. The summed E-state index contributed by atoms with van der Waals surface area (Å²) < 4.78 is 47.8. The molecule has 2 aromatic rings. The molecule has 0 aliphatic heterocycles. The van der Waals surface area contributed by atoms with Crippen LogP contribution in [0.1, 0.15) is 32.3 Å². The van der Waals surface area contributed by atoms with E-state index in [2.05, 4.69) is 5.32 Å². The van der Waals surface area contributed by atoms with Crippen molar-refractivity contribution in [3.8, 4) is 5.75 Å². The number of rotatable bonds is 13. The van der Waals surface area contributed by atoms with E-state index in [1.54, 1.807) is 31.2 Å². The number of nitrogens with zero attached hydrogens (tertiary/aromatic N) is 3. The average molecular weight is 523 g/mol. The molecule has 0 aromatic heterocycles. The molecule has 0 radical (unpaired) electrons. The molecule has 198 valence electrons. The van der Waals surface area contributed by atoms with Crippen LogP contribution in [0.5, 0.6) is 5.75 Å². The maximum atomic E-state index is 14.7. The summed E-state index contributed by atoms with van der Waals surface area (Å²) in [6.07, 6.45) is 1.01. The van der Waals surface area contributed by atoms with Gasteiger partial charge in [-0.25, -0.2) is 8.70 Å². The summed E-state index contributed by atoms with van der Waals surface area (Å²) in [4.78, 5) is 28.0. The third kappa shape index (κ3) is 7.17. The number of ether oxygens (including phenoxy) is 1. The van der Waals surface area contributed by atoms with Crippen molar-refractivity contribution in [2.24, 2.45) is 0 Å². The van der Waals surface area contributed by atoms with Crippen molar-refractivity contribution in [2.45, 2.75) is 39.3 Å². The standard InChI is InChI=1S/C25H35FN4O5S/c1-6-15-27-25(32)22(7-2)29(17-19-11-10-12-20(16-19)35-5)24(31)18-30(36(33,34)28(3)4)23-14-9-8-13-21(23)26/h8-14,16,22H,6-7,15,17-18H2,1-5H3,(H,27,32). The molecule has 36 heavy (non-hydrogen) atoms. The quantitative estimate of drug-likeness (QED) is 0.436. The van der Waals surface area contributed by atoms with Gasteiger partial charge in [0.25, 0.3) is 0 Å². The van der Waals surface area contributed by atoms with Crippen LogP contribution in [0, 0.1) is 5.82 Å². The number of carbonyl (C=O) groups is 2. The third-order valence-corrected chi connectivity index (χ3v) is 7.37. The van der Waals surface area contributed by atoms with E-state index in [-0.39, 0.29) is 18.1 Å². The summed E-state index contributed by atoms with van der Waals surface area (Å²) in [5, 5.41) is 2.81. The number of halogens is 1. The van der Waals surface area contributed by atoms with Crippen molar-refractivity contribution in [1.82, 2.24) is 14.5 Å². The van der Waals surface area contributed by atoms with Crippen LogP contribution in [-0.2, 0) is 26.3 Å². The van der Waals surface area contributed by atoms with Crippen molar-refractivity contribution in [1.29, 1.82) is 0 Å². The first-order valence-electron chi connectivity index (χ1n) is 11.7. The first kappa shape index (κ1) is 29.1. The van der Waals surface area contributed by atoms with Crippen LogP contribution in [0.25, 0.3) is 0 Å². The van der Waals surface area contributed by atoms with E-state index in [1.807, 2.05) is 6.92 Å². The lowest BCUT2D eigenvalue weighted by Gasteiger charge is -2.34. The number of nitrogens with one attached hydrogen (secondary N) is 1. The molecule has 0 saturated heterocycles. The molecule has 0 saturated carbocycles. The van der Waals surface area contributed by atoms with Crippen molar-refractivity contribution < 1.29 is 27.1 Å². The Morgan fingerprint density at radius 3 is 2.36 bits per heavy atom. The van der Waals surface area contributed by atoms with E-state index in [0.29, 0.717) is 30.7 Å². The molecule has 0 spiro atoms. The number of carbonyl (C=O) groups excluding carboxylic acids is 2. The number of hydrogen-bond donors (Lipinski definition) is 1. The van der Waals surface area contributed by atoms with Crippen molar-refractivity contribution in [3.05, 3.63) is 59.9 Å². The average Bonchev–Trinajstić information content (AvgIpc) is 2.86. The van der Waals surface area contributed by atoms with Crippen LogP contribution in [0.3, 0.4) is 0 Å². The molecule has 2 aromatic carbocycles. The molecule has 1 N–H and O–H groups in total. The molecule has 9 nitrogen and oxygen atoms in total. The maximum Gasteiger partial charge on any atom is 0.304 e. The summed E-state index contributed by atoms with van der Waals surface area (Å²) in [6, 6.07) is 11.5. The predicted molar refractivity (Wildman–Crippen MR) is 137 cm³/mol. The molecule has 0 heterocycles. The topological polar surface area (TPSA) is 99.3 Å². The Labute approximate surface area is 213 Å². The second kappa shape index (κ2) is 13.2. The summed E-state index contributed by atoms with van der Waals surface area (Å²) in [6.45, 7) is 3.46. The van der Waals surface area contributed by atoms with E-state index >= 15 is 0 Å². The molecule has 1 unspecified atom stereocenters. The zero-order valence-corrected chi connectivity index (χ0v) is 22.2. The Morgan fingerprint density at radius 2 is 1.78 bits per heavy atom. The summed E-state index contributed by atoms with van der Waals surface area (Å²) in [5.41, 5.74) is 0.432. The molecular formula is C25H35FN4O5S. The Balaban J connectivity index is 2.52. The Morgan fingerprint density at radius 1 is 1.08 bits per heavy atom. The number of hydrogen-bond acceptors (Lipinski definition) is 5. The molecule has 0 aliphatic carbocycles. The third-order valence-electron chi connectivity index (χ3n) is 5.56. The van der Waals surface area contributed by atoms with Gasteiger partial charge in [0.05, 0.1) is 12.8 Å². The number of amides is 2. The van der Waals surface area contributed by atoms with Gasteiger partial charge in [0.1, 0.15) is 24.2 Å². The zero-order valence-electron chi connectivity index (χ0n) is 21.4. The smallest absolute Gasteiger partial charge is 0.304 e. The highest BCUT2D eigenvalue weighted by atomic mass is 32.2. The van der Waals surface area contributed by atoms with Crippen LogP contribution in [0.2, 0.25) is 0 Å². The van der Waals surface area contributed by atoms with Gasteiger partial charge in [-0.1, -0.05) is 38.1 Å². The lowest BCUT2D eigenvalue weighted by Crippen LogP contribution is -2.53. The van der Waals surface area contributed by atoms with Crippen LogP contribution in [0.4, 0.5) is 10.1 Å². The van der Waals surface area contributed by atoms with Gasteiger partial charge in [-0.2, -0.15) is 12.7 Å². The summed E-state index contributed by atoms with van der Waals surface area (Å²) in [7, 11) is -0.113. The van der Waals surface area contributed by atoms with Crippen LogP contribution < -0.4 is 14.4 Å². The molecule has 0 bridgehead atoms. The van der Waals surface area contributed by atoms with Gasteiger partial charge in [-0.15, -0.1) is 0 Å².